The van der Waals surface area contributed by atoms with Gasteiger partial charge in [-0.2, -0.15) is 0 Å². The zero-order valence-corrected chi connectivity index (χ0v) is 26.5. The van der Waals surface area contributed by atoms with E-state index in [1.807, 2.05) is 101 Å². The molecule has 3 amide bonds. The van der Waals surface area contributed by atoms with Crippen molar-refractivity contribution in [2.24, 2.45) is 0 Å². The minimum Gasteiger partial charge on any atom is -0.492 e. The molecule has 3 aromatic carbocycles. The number of H-pyrrole nitrogens is 1. The fraction of sp³-hybridized carbons (Fsp3) is 0.353. The first kappa shape index (κ1) is 31.2. The van der Waals surface area contributed by atoms with E-state index in [2.05, 4.69) is 25.4 Å². The highest BCUT2D eigenvalue weighted by Gasteiger charge is 2.32. The summed E-state index contributed by atoms with van der Waals surface area (Å²) < 4.78 is 5.86. The highest BCUT2D eigenvalue weighted by Crippen LogP contribution is 2.31. The maximum Gasteiger partial charge on any atom is 0.318 e. The third-order valence-corrected chi connectivity index (χ3v) is 8.28. The topological polar surface area (TPSA) is 92.9 Å². The van der Waals surface area contributed by atoms with E-state index in [0.717, 1.165) is 27.7 Å². The number of aromatic nitrogens is 1. The maximum atomic E-state index is 14.1. The summed E-state index contributed by atoms with van der Waals surface area (Å²) in [4.78, 5) is 37.2. The first-order chi connectivity index (χ1) is 21.2. The lowest BCUT2D eigenvalue weighted by molar-refractivity contribution is -0.118. The highest BCUT2D eigenvalue weighted by atomic mass is 35.5. The summed E-state index contributed by atoms with van der Waals surface area (Å²) in [6.45, 7) is 7.49. The molecule has 1 aliphatic rings. The van der Waals surface area contributed by atoms with Gasteiger partial charge in [-0.15, -0.1) is 0 Å². The lowest BCUT2D eigenvalue weighted by Crippen LogP contribution is -2.56. The van der Waals surface area contributed by atoms with Crippen LogP contribution in [-0.2, 0) is 11.3 Å². The van der Waals surface area contributed by atoms with Crippen LogP contribution in [0.1, 0.15) is 30.9 Å². The number of fused-ring (bicyclic) bond motifs is 1. The summed E-state index contributed by atoms with van der Waals surface area (Å²) in [7, 11) is 4.00. The van der Waals surface area contributed by atoms with Gasteiger partial charge in [0, 0.05) is 66.5 Å². The number of aromatic amines is 1. The zero-order chi connectivity index (χ0) is 31.2. The number of ether oxygens (including phenoxy) is 1. The molecular weight excluding hydrogens is 576 g/mol. The average Bonchev–Trinajstić information content (AvgIpc) is 3.45. The lowest BCUT2D eigenvalue weighted by Gasteiger charge is -2.37. The van der Waals surface area contributed by atoms with Gasteiger partial charge in [-0.3, -0.25) is 4.79 Å². The summed E-state index contributed by atoms with van der Waals surface area (Å²) in [6.07, 6.45) is 1.93. The Balaban J connectivity index is 1.37. The maximum absolute atomic E-state index is 14.1. The van der Waals surface area contributed by atoms with Crippen LogP contribution in [0.15, 0.2) is 72.9 Å². The number of para-hydroxylation sites is 1. The number of benzene rings is 3. The Hall–Kier alpha value is -4.21. The Labute approximate surface area is 264 Å². The first-order valence-corrected chi connectivity index (χ1v) is 15.4. The molecule has 1 aromatic heterocycles. The number of anilines is 2. The van der Waals surface area contributed by atoms with Crippen molar-refractivity contribution in [3.05, 3.63) is 89.1 Å². The van der Waals surface area contributed by atoms with E-state index in [1.165, 1.54) is 0 Å². The van der Waals surface area contributed by atoms with Crippen molar-refractivity contribution < 1.29 is 14.3 Å². The third kappa shape index (κ3) is 7.29. The number of nitrogens with zero attached hydrogens (tertiary/aromatic N) is 3. The van der Waals surface area contributed by atoms with Gasteiger partial charge >= 0.3 is 6.03 Å². The molecule has 0 unspecified atom stereocenters. The molecule has 232 valence electrons. The Morgan fingerprint density at radius 3 is 2.45 bits per heavy atom. The van der Waals surface area contributed by atoms with E-state index in [0.29, 0.717) is 55.8 Å². The van der Waals surface area contributed by atoms with Crippen LogP contribution in [-0.4, -0.2) is 79.6 Å². The number of amides is 3. The van der Waals surface area contributed by atoms with Crippen LogP contribution in [0.2, 0.25) is 5.02 Å². The highest BCUT2D eigenvalue weighted by molar-refractivity contribution is 6.30. The van der Waals surface area contributed by atoms with Crippen molar-refractivity contribution in [1.29, 1.82) is 0 Å². The molecule has 44 heavy (non-hydrogen) atoms. The quantitative estimate of drug-likeness (QED) is 0.206. The van der Waals surface area contributed by atoms with Crippen molar-refractivity contribution in [2.75, 3.05) is 57.1 Å². The molecule has 0 spiro atoms. The van der Waals surface area contributed by atoms with Crippen LogP contribution in [0, 0.1) is 0 Å². The Kier molecular flexibility index (Phi) is 9.97. The number of hydrogen-bond donors (Lipinski definition) is 3. The second kappa shape index (κ2) is 14.1. The monoisotopic (exact) mass is 616 g/mol. The summed E-state index contributed by atoms with van der Waals surface area (Å²) in [5, 5.41) is 7.91. The Morgan fingerprint density at radius 2 is 1.75 bits per heavy atom. The van der Waals surface area contributed by atoms with Crippen molar-refractivity contribution in [3.63, 3.8) is 0 Å². The predicted molar refractivity (Wildman–Crippen MR) is 178 cm³/mol. The molecular formula is C34H41ClN6O3. The molecule has 0 aliphatic carbocycles. The third-order valence-electron chi connectivity index (χ3n) is 8.03. The van der Waals surface area contributed by atoms with Crippen molar-refractivity contribution >= 4 is 45.8 Å². The zero-order valence-electron chi connectivity index (χ0n) is 25.8. The molecule has 3 N–H and O–H groups in total. The molecule has 0 bridgehead atoms. The van der Waals surface area contributed by atoms with Gasteiger partial charge in [-0.05, 0) is 74.6 Å². The standard InChI is InChI=1S/C34H41ClN6O3/c1-5-44-31-15-10-24(22-39(3)4)20-30(31)37-33(42)32(23(2)28-21-36-29-9-7-6-8-27(28)29)38-34(43)41-18-16-40(17-19-41)26-13-11-25(35)12-14-26/h6-15,20-21,23,32,36H,5,16-19,22H2,1-4H3,(H,37,42)(H,38,43)/t23-,32-/m1/s1. The van der Waals surface area contributed by atoms with Gasteiger partial charge in [0.15, 0.2) is 0 Å². The van der Waals surface area contributed by atoms with Crippen LogP contribution >= 0.6 is 11.6 Å². The van der Waals surface area contributed by atoms with Gasteiger partial charge in [0.05, 0.1) is 12.3 Å². The predicted octanol–water partition coefficient (Wildman–Crippen LogP) is 5.92. The SMILES string of the molecule is CCOc1ccc(CN(C)C)cc1NC(=O)[C@H](NC(=O)N1CCN(c2ccc(Cl)cc2)CC1)[C@H](C)c1c[nH]c2ccccc12. The van der Waals surface area contributed by atoms with Gasteiger partial charge in [0.25, 0.3) is 0 Å². The van der Waals surface area contributed by atoms with E-state index in [4.69, 9.17) is 16.3 Å². The number of piperazine rings is 1. The number of halogens is 1. The molecule has 0 saturated carbocycles. The van der Waals surface area contributed by atoms with E-state index < -0.39 is 6.04 Å². The molecule has 5 rings (SSSR count). The number of urea groups is 1. The number of rotatable bonds is 10. The summed E-state index contributed by atoms with van der Waals surface area (Å²) in [5.41, 5.74) is 4.63. The van der Waals surface area contributed by atoms with Crippen LogP contribution in [0.5, 0.6) is 5.75 Å². The molecule has 1 aliphatic heterocycles. The summed E-state index contributed by atoms with van der Waals surface area (Å²) >= 11 is 6.06. The lowest BCUT2D eigenvalue weighted by atomic mass is 9.92. The Bertz CT molecular complexity index is 1580. The molecule has 2 heterocycles. The molecule has 4 aromatic rings. The van der Waals surface area contributed by atoms with Crippen LogP contribution < -0.4 is 20.3 Å². The molecule has 2 atom stereocenters. The van der Waals surface area contributed by atoms with E-state index >= 15 is 0 Å². The molecule has 1 fully saturated rings. The van der Waals surface area contributed by atoms with Crippen LogP contribution in [0.25, 0.3) is 10.9 Å². The minimum atomic E-state index is -0.844. The number of hydrogen-bond acceptors (Lipinski definition) is 5. The fourth-order valence-electron chi connectivity index (χ4n) is 5.74. The second-order valence-electron chi connectivity index (χ2n) is 11.4. The van der Waals surface area contributed by atoms with Gasteiger partial charge in [-0.1, -0.05) is 42.8 Å². The van der Waals surface area contributed by atoms with Crippen LogP contribution in [0.3, 0.4) is 0 Å². The van der Waals surface area contributed by atoms with E-state index in [-0.39, 0.29) is 17.9 Å². The fourth-order valence-corrected chi connectivity index (χ4v) is 5.87. The largest absolute Gasteiger partial charge is 0.492 e. The number of nitrogens with one attached hydrogen (secondary N) is 3. The van der Waals surface area contributed by atoms with E-state index in [1.54, 1.807) is 4.90 Å². The first-order valence-electron chi connectivity index (χ1n) is 15.1. The molecule has 10 heteroatoms. The smallest absolute Gasteiger partial charge is 0.318 e. The van der Waals surface area contributed by atoms with Crippen molar-refractivity contribution in [1.82, 2.24) is 20.1 Å². The van der Waals surface area contributed by atoms with Gasteiger partial charge in [0.1, 0.15) is 11.8 Å². The number of carbonyl (C=O) groups is 2. The minimum absolute atomic E-state index is 0.265. The number of carbonyl (C=O) groups excluding carboxylic acids is 2. The average molecular weight is 617 g/mol. The Morgan fingerprint density at radius 1 is 1.02 bits per heavy atom. The molecule has 9 nitrogen and oxygen atoms in total. The van der Waals surface area contributed by atoms with Crippen molar-refractivity contribution in [3.8, 4) is 5.75 Å². The molecule has 1 saturated heterocycles. The van der Waals surface area contributed by atoms with Gasteiger partial charge < -0.3 is 35.1 Å². The molecule has 0 radical (unpaired) electrons. The van der Waals surface area contributed by atoms with Crippen LogP contribution in [0.4, 0.5) is 16.2 Å². The summed E-state index contributed by atoms with van der Waals surface area (Å²) in [5.74, 6) is -0.0450. The van der Waals surface area contributed by atoms with E-state index in [9.17, 15) is 9.59 Å². The normalized spacial score (nSPS) is 14.9. The summed E-state index contributed by atoms with van der Waals surface area (Å²) in [6, 6.07) is 20.4. The van der Waals surface area contributed by atoms with Crippen molar-refractivity contribution in [2.45, 2.75) is 32.4 Å². The second-order valence-corrected chi connectivity index (χ2v) is 11.9. The van der Waals surface area contributed by atoms with Gasteiger partial charge in [0.2, 0.25) is 5.91 Å². The van der Waals surface area contributed by atoms with Gasteiger partial charge in [-0.25, -0.2) is 4.79 Å².